The summed E-state index contributed by atoms with van der Waals surface area (Å²) in [6.45, 7) is 2.29. The Hall–Kier alpha value is -1.32. The minimum absolute atomic E-state index is 0.0897. The molecule has 1 aromatic rings. The number of H-pyrrole nitrogens is 1. The number of ether oxygens (including phenoxy) is 1. The molecule has 0 aliphatic carbocycles. The molecule has 1 aliphatic rings. The van der Waals surface area contributed by atoms with Crippen molar-refractivity contribution in [3.05, 3.63) is 11.4 Å². The first-order valence-corrected chi connectivity index (χ1v) is 3.50. The van der Waals surface area contributed by atoms with Gasteiger partial charge in [0.1, 0.15) is 11.4 Å². The van der Waals surface area contributed by atoms with Crippen LogP contribution >= 0.6 is 0 Å². The van der Waals surface area contributed by atoms with E-state index < -0.39 is 0 Å². The number of carbonyl (C=O) groups excluding carboxylic acids is 1. The average molecular weight is 152 g/mol. The second kappa shape index (κ2) is 2.08. The lowest BCUT2D eigenvalue weighted by atomic mass is 10.1. The number of hydrogen-bond donors (Lipinski definition) is 1. The highest BCUT2D eigenvalue weighted by molar-refractivity contribution is 5.97. The molecule has 11 heavy (non-hydrogen) atoms. The Kier molecular flexibility index (Phi) is 1.21. The highest BCUT2D eigenvalue weighted by atomic mass is 16.5. The van der Waals surface area contributed by atoms with Crippen LogP contribution in [-0.4, -0.2) is 22.6 Å². The van der Waals surface area contributed by atoms with E-state index in [1.54, 1.807) is 0 Å². The Morgan fingerprint density at radius 2 is 2.45 bits per heavy atom. The Morgan fingerprint density at radius 1 is 1.64 bits per heavy atom. The summed E-state index contributed by atoms with van der Waals surface area (Å²) < 4.78 is 5.25. The molecule has 0 bridgehead atoms. The lowest BCUT2D eigenvalue weighted by Crippen LogP contribution is -2.14. The molecule has 0 amide bonds. The van der Waals surface area contributed by atoms with Crippen LogP contribution in [0.3, 0.4) is 0 Å². The summed E-state index contributed by atoms with van der Waals surface area (Å²) in [6.07, 6.45) is 0.453. The standard InChI is InChI=1S/C7H8N2O2/c1-4-7-6(9-8-4)5(10)2-3-11-7/h2-3H2,1H3,(H,8,9). The van der Waals surface area contributed by atoms with Crippen LogP contribution in [0.4, 0.5) is 0 Å². The maximum Gasteiger partial charge on any atom is 0.187 e. The molecular weight excluding hydrogens is 144 g/mol. The van der Waals surface area contributed by atoms with Crippen LogP contribution in [0, 0.1) is 6.92 Å². The number of aromatic amines is 1. The van der Waals surface area contributed by atoms with Crippen LogP contribution in [-0.2, 0) is 0 Å². The lowest BCUT2D eigenvalue weighted by molar-refractivity contribution is 0.0928. The molecule has 0 spiro atoms. The maximum absolute atomic E-state index is 11.1. The number of rotatable bonds is 0. The molecule has 58 valence electrons. The fourth-order valence-corrected chi connectivity index (χ4v) is 1.16. The summed E-state index contributed by atoms with van der Waals surface area (Å²) in [5, 5.41) is 6.53. The highest BCUT2D eigenvalue weighted by Gasteiger charge is 2.22. The van der Waals surface area contributed by atoms with Crippen LogP contribution in [0.15, 0.2) is 0 Å². The SMILES string of the molecule is Cc1n[nH]c2c1OCCC2=O. The Labute approximate surface area is 63.6 Å². The number of nitrogens with one attached hydrogen (secondary N) is 1. The van der Waals surface area contributed by atoms with E-state index in [9.17, 15) is 4.79 Å². The van der Waals surface area contributed by atoms with Crippen molar-refractivity contribution in [2.24, 2.45) is 0 Å². The summed E-state index contributed by atoms with van der Waals surface area (Å²) in [7, 11) is 0. The molecular formula is C7H8N2O2. The molecule has 2 heterocycles. The number of nitrogens with zero attached hydrogens (tertiary/aromatic N) is 1. The van der Waals surface area contributed by atoms with E-state index in [4.69, 9.17) is 4.74 Å². The highest BCUT2D eigenvalue weighted by Crippen LogP contribution is 2.25. The third-order valence-electron chi connectivity index (χ3n) is 1.75. The number of ketones is 1. The Morgan fingerprint density at radius 3 is 3.18 bits per heavy atom. The summed E-state index contributed by atoms with van der Waals surface area (Å²) >= 11 is 0. The van der Waals surface area contributed by atoms with E-state index in [0.717, 1.165) is 5.69 Å². The molecule has 4 heteroatoms. The van der Waals surface area contributed by atoms with E-state index in [2.05, 4.69) is 10.2 Å². The molecule has 1 aliphatic heterocycles. The first-order valence-electron chi connectivity index (χ1n) is 3.50. The molecule has 0 saturated carbocycles. The van der Waals surface area contributed by atoms with E-state index >= 15 is 0 Å². The maximum atomic E-state index is 11.1. The van der Waals surface area contributed by atoms with E-state index in [1.165, 1.54) is 0 Å². The molecule has 1 aromatic heterocycles. The van der Waals surface area contributed by atoms with Crippen molar-refractivity contribution in [1.29, 1.82) is 0 Å². The van der Waals surface area contributed by atoms with Crippen molar-refractivity contribution in [2.45, 2.75) is 13.3 Å². The minimum atomic E-state index is 0.0897. The van der Waals surface area contributed by atoms with Gasteiger partial charge in [-0.05, 0) is 6.92 Å². The monoisotopic (exact) mass is 152 g/mol. The summed E-state index contributed by atoms with van der Waals surface area (Å²) in [5.41, 5.74) is 1.28. The van der Waals surface area contributed by atoms with Crippen molar-refractivity contribution in [3.8, 4) is 5.75 Å². The van der Waals surface area contributed by atoms with E-state index in [-0.39, 0.29) is 5.78 Å². The lowest BCUT2D eigenvalue weighted by Gasteiger charge is -2.10. The fraction of sp³-hybridized carbons (Fsp3) is 0.429. The molecule has 4 nitrogen and oxygen atoms in total. The zero-order valence-corrected chi connectivity index (χ0v) is 6.18. The first kappa shape index (κ1) is 6.39. The molecule has 0 saturated heterocycles. The normalized spacial score (nSPS) is 15.9. The predicted molar refractivity (Wildman–Crippen MR) is 37.8 cm³/mol. The second-order valence-electron chi connectivity index (χ2n) is 2.53. The number of carbonyl (C=O) groups is 1. The van der Waals surface area contributed by atoms with Gasteiger partial charge in [-0.2, -0.15) is 5.10 Å². The second-order valence-corrected chi connectivity index (χ2v) is 2.53. The number of aryl methyl sites for hydroxylation is 1. The van der Waals surface area contributed by atoms with Crippen molar-refractivity contribution < 1.29 is 9.53 Å². The van der Waals surface area contributed by atoms with Crippen molar-refractivity contribution in [2.75, 3.05) is 6.61 Å². The number of Topliss-reactive ketones (excluding diaryl/α,β-unsaturated/α-hetero) is 1. The fourth-order valence-electron chi connectivity index (χ4n) is 1.16. The predicted octanol–water partition coefficient (Wildman–Crippen LogP) is 0.683. The molecule has 0 unspecified atom stereocenters. The number of hydrogen-bond acceptors (Lipinski definition) is 3. The van der Waals surface area contributed by atoms with E-state index in [0.29, 0.717) is 24.5 Å². The van der Waals surface area contributed by atoms with Gasteiger partial charge in [0.25, 0.3) is 0 Å². The minimum Gasteiger partial charge on any atom is -0.489 e. The summed E-state index contributed by atoms with van der Waals surface area (Å²) in [6, 6.07) is 0. The number of aromatic nitrogens is 2. The van der Waals surface area contributed by atoms with Gasteiger partial charge in [-0.25, -0.2) is 0 Å². The Balaban J connectivity index is 2.55. The summed E-state index contributed by atoms with van der Waals surface area (Å²) in [5.74, 6) is 0.716. The van der Waals surface area contributed by atoms with Gasteiger partial charge in [0.15, 0.2) is 11.5 Å². The largest absolute Gasteiger partial charge is 0.489 e. The average Bonchev–Trinajstić information content (AvgIpc) is 2.35. The molecule has 0 aromatic carbocycles. The third-order valence-corrected chi connectivity index (χ3v) is 1.75. The zero-order chi connectivity index (χ0) is 7.84. The van der Waals surface area contributed by atoms with Crippen LogP contribution in [0.1, 0.15) is 22.6 Å². The van der Waals surface area contributed by atoms with Gasteiger partial charge >= 0.3 is 0 Å². The van der Waals surface area contributed by atoms with Crippen LogP contribution in [0.5, 0.6) is 5.75 Å². The third kappa shape index (κ3) is 0.824. The van der Waals surface area contributed by atoms with Gasteiger partial charge in [0, 0.05) is 6.42 Å². The van der Waals surface area contributed by atoms with Crippen molar-refractivity contribution in [3.63, 3.8) is 0 Å². The quantitative estimate of drug-likeness (QED) is 0.594. The molecule has 0 fully saturated rings. The van der Waals surface area contributed by atoms with Gasteiger partial charge < -0.3 is 4.74 Å². The smallest absolute Gasteiger partial charge is 0.187 e. The zero-order valence-electron chi connectivity index (χ0n) is 6.18. The molecule has 2 rings (SSSR count). The van der Waals surface area contributed by atoms with Gasteiger partial charge in [-0.3, -0.25) is 9.89 Å². The van der Waals surface area contributed by atoms with Crippen LogP contribution in [0.2, 0.25) is 0 Å². The first-order chi connectivity index (χ1) is 5.29. The van der Waals surface area contributed by atoms with Crippen LogP contribution in [0.25, 0.3) is 0 Å². The Bertz CT molecular complexity index is 303. The van der Waals surface area contributed by atoms with Gasteiger partial charge in [-0.15, -0.1) is 0 Å². The molecule has 1 N–H and O–H groups in total. The number of fused-ring (bicyclic) bond motifs is 1. The topological polar surface area (TPSA) is 55.0 Å². The van der Waals surface area contributed by atoms with Crippen molar-refractivity contribution in [1.82, 2.24) is 10.2 Å². The van der Waals surface area contributed by atoms with Crippen molar-refractivity contribution >= 4 is 5.78 Å². The van der Waals surface area contributed by atoms with E-state index in [1.807, 2.05) is 6.92 Å². The van der Waals surface area contributed by atoms with Gasteiger partial charge in [0.2, 0.25) is 0 Å². The van der Waals surface area contributed by atoms with Gasteiger partial charge in [-0.1, -0.05) is 0 Å². The molecule has 0 radical (unpaired) electrons. The van der Waals surface area contributed by atoms with Crippen LogP contribution < -0.4 is 4.74 Å². The summed E-state index contributed by atoms with van der Waals surface area (Å²) in [4.78, 5) is 11.1. The van der Waals surface area contributed by atoms with Gasteiger partial charge in [0.05, 0.1) is 6.61 Å². The molecule has 0 atom stereocenters.